The van der Waals surface area contributed by atoms with E-state index in [4.69, 9.17) is 13.9 Å². The fraction of sp³-hybridized carbons (Fsp3) is 0.419. The average molecular weight is 537 g/mol. The maximum absolute atomic E-state index is 13.8. The number of hydrogen-bond acceptors (Lipinski definition) is 5. The average Bonchev–Trinajstić information content (AvgIpc) is 3.38. The molecule has 2 amide bonds. The van der Waals surface area contributed by atoms with E-state index in [1.165, 1.54) is 24.3 Å². The van der Waals surface area contributed by atoms with E-state index in [1.54, 1.807) is 24.0 Å². The van der Waals surface area contributed by atoms with Crippen molar-refractivity contribution in [2.75, 3.05) is 27.3 Å². The van der Waals surface area contributed by atoms with E-state index in [0.29, 0.717) is 42.3 Å². The van der Waals surface area contributed by atoms with Crippen molar-refractivity contribution in [3.05, 3.63) is 83.1 Å². The van der Waals surface area contributed by atoms with Gasteiger partial charge in [0.2, 0.25) is 5.91 Å². The molecule has 3 aromatic rings. The number of aryl methyl sites for hydroxylation is 1. The van der Waals surface area contributed by atoms with Gasteiger partial charge in [-0.25, -0.2) is 4.39 Å². The van der Waals surface area contributed by atoms with E-state index in [0.717, 1.165) is 43.4 Å². The Labute approximate surface area is 229 Å². The predicted octanol–water partition coefficient (Wildman–Crippen LogP) is 5.79. The van der Waals surface area contributed by atoms with E-state index in [9.17, 15) is 14.0 Å². The summed E-state index contributed by atoms with van der Waals surface area (Å²) < 4.78 is 30.1. The number of ether oxygens (including phenoxy) is 2. The van der Waals surface area contributed by atoms with Crippen LogP contribution in [0.3, 0.4) is 0 Å². The number of rotatable bonds is 11. The quantitative estimate of drug-likeness (QED) is 0.310. The van der Waals surface area contributed by atoms with Gasteiger partial charge in [0, 0.05) is 18.2 Å². The van der Waals surface area contributed by atoms with Gasteiger partial charge in [-0.05, 0) is 80.3 Å². The van der Waals surface area contributed by atoms with Crippen LogP contribution in [0.5, 0.6) is 11.5 Å². The number of carbonyl (C=O) groups excluding carboxylic acids is 2. The first-order valence-electron chi connectivity index (χ1n) is 13.5. The summed E-state index contributed by atoms with van der Waals surface area (Å²) in [5.74, 6) is 1.91. The molecule has 39 heavy (non-hydrogen) atoms. The van der Waals surface area contributed by atoms with Crippen LogP contribution in [0, 0.1) is 12.7 Å². The van der Waals surface area contributed by atoms with Crippen LogP contribution < -0.4 is 9.47 Å². The molecule has 1 aliphatic carbocycles. The Morgan fingerprint density at radius 3 is 2.31 bits per heavy atom. The van der Waals surface area contributed by atoms with Crippen LogP contribution in [0.2, 0.25) is 0 Å². The molecule has 7 nitrogen and oxygen atoms in total. The molecule has 0 bridgehead atoms. The first-order chi connectivity index (χ1) is 18.9. The van der Waals surface area contributed by atoms with E-state index in [1.807, 2.05) is 37.3 Å². The van der Waals surface area contributed by atoms with E-state index in [-0.39, 0.29) is 24.4 Å². The number of halogens is 1. The largest absolute Gasteiger partial charge is 0.493 e. The molecular weight excluding hydrogens is 499 g/mol. The molecule has 2 aromatic carbocycles. The summed E-state index contributed by atoms with van der Waals surface area (Å²) in [6.45, 7) is 2.54. The number of nitrogens with zero attached hydrogens (tertiary/aromatic N) is 2. The molecule has 1 fully saturated rings. The third kappa shape index (κ3) is 7.40. The van der Waals surface area contributed by atoms with Gasteiger partial charge in [0.1, 0.15) is 23.9 Å². The topological polar surface area (TPSA) is 72.2 Å². The SMILES string of the molecule is COc1ccc(CCN(Cc2ccc(C)o2)C(=O)CN(C(=O)c2ccc(F)cc2)C2CCCCC2)cc1OC. The zero-order valence-corrected chi connectivity index (χ0v) is 23.0. The van der Waals surface area contributed by atoms with E-state index >= 15 is 0 Å². The van der Waals surface area contributed by atoms with Crippen LogP contribution in [0.25, 0.3) is 0 Å². The summed E-state index contributed by atoms with van der Waals surface area (Å²) in [4.78, 5) is 30.8. The lowest BCUT2D eigenvalue weighted by Crippen LogP contribution is -2.48. The van der Waals surface area contributed by atoms with Crippen LogP contribution in [0.4, 0.5) is 4.39 Å². The third-order valence-electron chi connectivity index (χ3n) is 7.29. The van der Waals surface area contributed by atoms with Crippen LogP contribution in [0.1, 0.15) is 59.5 Å². The summed E-state index contributed by atoms with van der Waals surface area (Å²) in [6.07, 6.45) is 5.44. The molecule has 0 unspecified atom stereocenters. The minimum Gasteiger partial charge on any atom is -0.493 e. The fourth-order valence-electron chi connectivity index (χ4n) is 5.11. The first-order valence-corrected chi connectivity index (χ1v) is 13.5. The zero-order chi connectivity index (χ0) is 27.8. The van der Waals surface area contributed by atoms with Gasteiger partial charge in [0.15, 0.2) is 11.5 Å². The van der Waals surface area contributed by atoms with Crippen LogP contribution in [-0.2, 0) is 17.8 Å². The molecule has 0 atom stereocenters. The summed E-state index contributed by atoms with van der Waals surface area (Å²) in [5, 5.41) is 0. The number of methoxy groups -OCH3 is 2. The van der Waals surface area contributed by atoms with Crippen LogP contribution >= 0.6 is 0 Å². The second-order valence-electron chi connectivity index (χ2n) is 10.00. The molecule has 208 valence electrons. The minimum absolute atomic E-state index is 0.0289. The van der Waals surface area contributed by atoms with Gasteiger partial charge in [-0.15, -0.1) is 0 Å². The first kappa shape index (κ1) is 28.2. The molecule has 0 N–H and O–H groups in total. The third-order valence-corrected chi connectivity index (χ3v) is 7.29. The summed E-state index contributed by atoms with van der Waals surface area (Å²) in [5.41, 5.74) is 1.38. The Kier molecular flexibility index (Phi) is 9.63. The predicted molar refractivity (Wildman–Crippen MR) is 146 cm³/mol. The second kappa shape index (κ2) is 13.3. The highest BCUT2D eigenvalue weighted by molar-refractivity contribution is 5.96. The Morgan fingerprint density at radius 1 is 0.949 bits per heavy atom. The van der Waals surface area contributed by atoms with E-state index < -0.39 is 5.82 Å². The molecule has 0 aliphatic heterocycles. The summed E-state index contributed by atoms with van der Waals surface area (Å²) in [7, 11) is 3.18. The number of hydrogen-bond donors (Lipinski definition) is 0. The Bertz CT molecular complexity index is 1250. The van der Waals surface area contributed by atoms with Crippen molar-refractivity contribution in [1.82, 2.24) is 9.80 Å². The van der Waals surface area contributed by atoms with Gasteiger partial charge in [0.25, 0.3) is 5.91 Å². The minimum atomic E-state index is -0.401. The Hall–Kier alpha value is -3.81. The molecule has 1 aromatic heterocycles. The van der Waals surface area contributed by atoms with Gasteiger partial charge in [-0.3, -0.25) is 9.59 Å². The van der Waals surface area contributed by atoms with Gasteiger partial charge in [0.05, 0.1) is 20.8 Å². The molecule has 0 saturated heterocycles. The summed E-state index contributed by atoms with van der Waals surface area (Å²) >= 11 is 0. The van der Waals surface area contributed by atoms with Gasteiger partial charge >= 0.3 is 0 Å². The highest BCUT2D eigenvalue weighted by Gasteiger charge is 2.30. The van der Waals surface area contributed by atoms with Crippen molar-refractivity contribution in [3.63, 3.8) is 0 Å². The highest BCUT2D eigenvalue weighted by Crippen LogP contribution is 2.28. The summed E-state index contributed by atoms with van der Waals surface area (Å²) in [6, 6.07) is 15.0. The number of furan rings is 1. The molecule has 1 heterocycles. The van der Waals surface area contributed by atoms with Gasteiger partial charge in [-0.1, -0.05) is 25.3 Å². The van der Waals surface area contributed by atoms with Gasteiger partial charge in [-0.2, -0.15) is 0 Å². The molecule has 8 heteroatoms. The number of carbonyl (C=O) groups is 2. The lowest BCUT2D eigenvalue weighted by molar-refractivity contribution is -0.133. The highest BCUT2D eigenvalue weighted by atomic mass is 19.1. The Morgan fingerprint density at radius 2 is 1.67 bits per heavy atom. The van der Waals surface area contributed by atoms with Crippen LogP contribution in [-0.4, -0.2) is 55.0 Å². The molecular formula is C31H37FN2O5. The normalized spacial score (nSPS) is 13.6. The van der Waals surface area contributed by atoms with Crippen molar-refractivity contribution in [1.29, 1.82) is 0 Å². The monoisotopic (exact) mass is 536 g/mol. The number of amides is 2. The smallest absolute Gasteiger partial charge is 0.254 e. The standard InChI is InChI=1S/C31H37FN2O5/c1-22-9-15-27(39-22)20-33(18-17-23-10-16-28(37-2)29(19-23)38-3)30(35)21-34(26-7-5-4-6-8-26)31(36)24-11-13-25(32)14-12-24/h9-16,19,26H,4-8,17-18,20-21H2,1-3H3. The van der Waals surface area contributed by atoms with Crippen molar-refractivity contribution >= 4 is 11.8 Å². The van der Waals surface area contributed by atoms with Crippen molar-refractivity contribution in [2.45, 2.75) is 58.0 Å². The molecule has 0 radical (unpaired) electrons. The lowest BCUT2D eigenvalue weighted by atomic mass is 9.93. The molecule has 1 saturated carbocycles. The molecule has 4 rings (SSSR count). The maximum Gasteiger partial charge on any atom is 0.254 e. The van der Waals surface area contributed by atoms with E-state index in [2.05, 4.69) is 0 Å². The maximum atomic E-state index is 13.8. The van der Waals surface area contributed by atoms with Crippen molar-refractivity contribution in [2.24, 2.45) is 0 Å². The lowest BCUT2D eigenvalue weighted by Gasteiger charge is -2.35. The van der Waals surface area contributed by atoms with Crippen molar-refractivity contribution < 1.29 is 27.9 Å². The van der Waals surface area contributed by atoms with Gasteiger partial charge < -0.3 is 23.7 Å². The Balaban J connectivity index is 1.55. The zero-order valence-electron chi connectivity index (χ0n) is 23.0. The second-order valence-corrected chi connectivity index (χ2v) is 10.00. The molecule has 1 aliphatic rings. The van der Waals surface area contributed by atoms with Crippen molar-refractivity contribution in [3.8, 4) is 11.5 Å². The molecule has 0 spiro atoms. The fourth-order valence-corrected chi connectivity index (χ4v) is 5.11. The van der Waals surface area contributed by atoms with Crippen LogP contribution in [0.15, 0.2) is 59.0 Å². The number of benzene rings is 2.